The van der Waals surface area contributed by atoms with E-state index in [4.69, 9.17) is 4.74 Å². The van der Waals surface area contributed by atoms with Crippen LogP contribution in [0, 0.1) is 0 Å². The fraction of sp³-hybridized carbons (Fsp3) is 0.500. The van der Waals surface area contributed by atoms with E-state index in [1.54, 1.807) is 27.7 Å². The van der Waals surface area contributed by atoms with Crippen LogP contribution in [-0.2, 0) is 19.8 Å². The van der Waals surface area contributed by atoms with Gasteiger partial charge in [0.15, 0.2) is 6.29 Å². The van der Waals surface area contributed by atoms with Gasteiger partial charge in [0.1, 0.15) is 11.1 Å². The molecule has 0 aromatic carbocycles. The van der Waals surface area contributed by atoms with E-state index in [0.29, 0.717) is 12.0 Å². The van der Waals surface area contributed by atoms with E-state index < -0.39 is 23.2 Å². The van der Waals surface area contributed by atoms with Gasteiger partial charge in [-0.1, -0.05) is 0 Å². The number of carbonyl (C=O) groups excluding carboxylic acids is 3. The number of hydrogen-bond donors (Lipinski definition) is 0. The summed E-state index contributed by atoms with van der Waals surface area (Å²) >= 11 is 0. The van der Waals surface area contributed by atoms with Crippen molar-refractivity contribution in [2.45, 2.75) is 38.8 Å². The summed E-state index contributed by atoms with van der Waals surface area (Å²) in [5.74, 6) is -0.530. The second-order valence-electron chi connectivity index (χ2n) is 6.23. The molecule has 1 unspecified atom stereocenters. The largest absolute Gasteiger partial charge is 0.465 e. The van der Waals surface area contributed by atoms with Crippen molar-refractivity contribution in [2.75, 3.05) is 14.2 Å². The lowest BCUT2D eigenvalue weighted by Gasteiger charge is -2.34. The monoisotopic (exact) mass is 322 g/mol. The molecule has 1 atom stereocenters. The number of methoxy groups -OCH3 is 1. The maximum Gasteiger partial charge on any atom is 0.411 e. The standard InChI is InChI=1S/C16H22N2O5/c1-15(2,3)23-14(21)18(5)16(4,10-19)12-8-7-11(9-17-12)13(20)22-6/h7-10H,1-6H3. The van der Waals surface area contributed by atoms with Crippen molar-refractivity contribution in [1.29, 1.82) is 0 Å². The minimum absolute atomic E-state index is 0.254. The van der Waals surface area contributed by atoms with E-state index in [9.17, 15) is 14.4 Å². The zero-order valence-electron chi connectivity index (χ0n) is 14.2. The Morgan fingerprint density at radius 2 is 1.83 bits per heavy atom. The number of amides is 1. The first-order valence-electron chi connectivity index (χ1n) is 7.03. The molecular weight excluding hydrogens is 300 g/mol. The highest BCUT2D eigenvalue weighted by Gasteiger charge is 2.38. The summed E-state index contributed by atoms with van der Waals surface area (Å²) in [6, 6.07) is 2.99. The molecule has 23 heavy (non-hydrogen) atoms. The van der Waals surface area contributed by atoms with Gasteiger partial charge in [0, 0.05) is 13.2 Å². The second-order valence-corrected chi connectivity index (χ2v) is 6.23. The zero-order chi connectivity index (χ0) is 17.8. The van der Waals surface area contributed by atoms with Crippen molar-refractivity contribution in [2.24, 2.45) is 0 Å². The van der Waals surface area contributed by atoms with Crippen molar-refractivity contribution in [1.82, 2.24) is 9.88 Å². The highest BCUT2D eigenvalue weighted by molar-refractivity contribution is 5.89. The first-order chi connectivity index (χ1) is 10.5. The molecule has 0 saturated heterocycles. The van der Waals surface area contributed by atoms with Crippen LogP contribution in [0.2, 0.25) is 0 Å². The minimum atomic E-state index is -1.32. The summed E-state index contributed by atoms with van der Waals surface area (Å²) in [4.78, 5) is 40.5. The molecule has 1 heterocycles. The number of ether oxygens (including phenoxy) is 2. The minimum Gasteiger partial charge on any atom is -0.465 e. The van der Waals surface area contributed by atoms with Crippen molar-refractivity contribution in [3.63, 3.8) is 0 Å². The summed E-state index contributed by atoms with van der Waals surface area (Å²) in [5, 5.41) is 0. The molecule has 0 fully saturated rings. The predicted molar refractivity (Wildman–Crippen MR) is 83.0 cm³/mol. The molecule has 0 N–H and O–H groups in total. The third-order valence-corrected chi connectivity index (χ3v) is 3.30. The number of esters is 1. The van der Waals surface area contributed by atoms with Gasteiger partial charge in [-0.05, 0) is 39.8 Å². The molecular formula is C16H22N2O5. The molecule has 0 aliphatic carbocycles. The average Bonchev–Trinajstić information content (AvgIpc) is 2.51. The van der Waals surface area contributed by atoms with Gasteiger partial charge in [-0.2, -0.15) is 0 Å². The van der Waals surface area contributed by atoms with Crippen LogP contribution in [0.4, 0.5) is 4.79 Å². The van der Waals surface area contributed by atoms with Crippen molar-refractivity contribution in [3.8, 4) is 0 Å². The van der Waals surface area contributed by atoms with E-state index in [1.165, 1.54) is 37.4 Å². The van der Waals surface area contributed by atoms with Crippen LogP contribution in [-0.4, -0.2) is 48.0 Å². The Labute approximate surface area is 135 Å². The number of rotatable bonds is 4. The fourth-order valence-corrected chi connectivity index (χ4v) is 1.76. The van der Waals surface area contributed by atoms with Crippen LogP contribution in [0.1, 0.15) is 43.7 Å². The first-order valence-corrected chi connectivity index (χ1v) is 7.03. The SMILES string of the molecule is COC(=O)c1ccc(C(C)(C=O)N(C)C(=O)OC(C)(C)C)nc1. The van der Waals surface area contributed by atoms with Gasteiger partial charge in [0.05, 0.1) is 18.4 Å². The molecule has 126 valence electrons. The second kappa shape index (κ2) is 6.76. The van der Waals surface area contributed by atoms with E-state index in [-0.39, 0.29) is 5.56 Å². The summed E-state index contributed by atoms with van der Waals surface area (Å²) in [6.45, 7) is 6.76. The predicted octanol–water partition coefficient (Wildman–Crippen LogP) is 2.15. The van der Waals surface area contributed by atoms with E-state index >= 15 is 0 Å². The maximum atomic E-state index is 12.2. The summed E-state index contributed by atoms with van der Waals surface area (Å²) in [6.07, 6.45) is 1.26. The van der Waals surface area contributed by atoms with Gasteiger partial charge in [0.25, 0.3) is 0 Å². The Morgan fingerprint density at radius 3 is 2.22 bits per heavy atom. The maximum absolute atomic E-state index is 12.2. The van der Waals surface area contributed by atoms with Gasteiger partial charge in [-0.25, -0.2) is 9.59 Å². The highest BCUT2D eigenvalue weighted by Crippen LogP contribution is 2.25. The lowest BCUT2D eigenvalue weighted by Crippen LogP contribution is -2.48. The number of likely N-dealkylation sites (N-methyl/N-ethyl adjacent to an activating group) is 1. The summed E-state index contributed by atoms with van der Waals surface area (Å²) < 4.78 is 9.87. The van der Waals surface area contributed by atoms with Crippen LogP contribution >= 0.6 is 0 Å². The van der Waals surface area contributed by atoms with Crippen molar-refractivity contribution >= 4 is 18.3 Å². The van der Waals surface area contributed by atoms with Crippen LogP contribution in [0.3, 0.4) is 0 Å². The zero-order valence-corrected chi connectivity index (χ0v) is 14.2. The molecule has 0 aliphatic rings. The molecule has 0 bridgehead atoms. The summed E-state index contributed by atoms with van der Waals surface area (Å²) in [5.41, 5.74) is -1.44. The van der Waals surface area contributed by atoms with Gasteiger partial charge in [0.2, 0.25) is 0 Å². The van der Waals surface area contributed by atoms with Crippen molar-refractivity contribution < 1.29 is 23.9 Å². The molecule has 1 aromatic rings. The van der Waals surface area contributed by atoms with Crippen LogP contribution in [0.15, 0.2) is 18.3 Å². The molecule has 0 spiro atoms. The Morgan fingerprint density at radius 1 is 1.22 bits per heavy atom. The van der Waals surface area contributed by atoms with Gasteiger partial charge in [-0.15, -0.1) is 0 Å². The first kappa shape index (κ1) is 18.6. The number of aromatic nitrogens is 1. The molecule has 7 nitrogen and oxygen atoms in total. The Bertz CT molecular complexity index is 591. The Balaban J connectivity index is 3.11. The summed E-state index contributed by atoms with van der Waals surface area (Å²) in [7, 11) is 2.72. The molecule has 1 aromatic heterocycles. The van der Waals surface area contributed by atoms with E-state index in [2.05, 4.69) is 9.72 Å². The quantitative estimate of drug-likeness (QED) is 0.623. The van der Waals surface area contributed by atoms with Gasteiger partial charge in [-0.3, -0.25) is 9.88 Å². The van der Waals surface area contributed by atoms with Crippen LogP contribution in [0.25, 0.3) is 0 Å². The average molecular weight is 322 g/mol. The topological polar surface area (TPSA) is 85.8 Å². The van der Waals surface area contributed by atoms with E-state index in [1.807, 2.05) is 0 Å². The lowest BCUT2D eigenvalue weighted by molar-refractivity contribution is -0.117. The number of hydrogen-bond acceptors (Lipinski definition) is 6. The molecule has 7 heteroatoms. The third kappa shape index (κ3) is 4.28. The van der Waals surface area contributed by atoms with Gasteiger partial charge >= 0.3 is 12.1 Å². The lowest BCUT2D eigenvalue weighted by atomic mass is 9.97. The highest BCUT2D eigenvalue weighted by atomic mass is 16.6. The molecule has 0 radical (unpaired) electrons. The normalized spacial score (nSPS) is 13.7. The number of nitrogens with zero attached hydrogens (tertiary/aromatic N) is 2. The molecule has 1 rings (SSSR count). The number of pyridine rings is 1. The number of aldehydes is 1. The van der Waals surface area contributed by atoms with E-state index in [0.717, 1.165) is 0 Å². The van der Waals surface area contributed by atoms with Crippen LogP contribution < -0.4 is 0 Å². The number of carbonyl (C=O) groups is 3. The van der Waals surface area contributed by atoms with Crippen molar-refractivity contribution in [3.05, 3.63) is 29.6 Å². The van der Waals surface area contributed by atoms with Gasteiger partial charge < -0.3 is 14.3 Å². The third-order valence-electron chi connectivity index (χ3n) is 3.30. The Kier molecular flexibility index (Phi) is 5.47. The Hall–Kier alpha value is -2.44. The molecule has 1 amide bonds. The molecule has 0 aliphatic heterocycles. The molecule has 0 saturated carbocycles. The fourth-order valence-electron chi connectivity index (χ4n) is 1.76. The smallest absolute Gasteiger partial charge is 0.411 e. The van der Waals surface area contributed by atoms with Crippen LogP contribution in [0.5, 0.6) is 0 Å².